The number of hydrogen-bond acceptors (Lipinski definition) is 4. The summed E-state index contributed by atoms with van der Waals surface area (Å²) in [7, 11) is -4.58. The van der Waals surface area contributed by atoms with Gasteiger partial charge in [-0.05, 0) is 31.6 Å². The molecule has 1 aliphatic carbocycles. The lowest BCUT2D eigenvalue weighted by Gasteiger charge is -2.43. The number of nitrogens with one attached hydrogen (secondary N) is 1. The van der Waals surface area contributed by atoms with Gasteiger partial charge in [-0.1, -0.05) is 27.7 Å². The van der Waals surface area contributed by atoms with Crippen LogP contribution in [0.15, 0.2) is 15.8 Å². The van der Waals surface area contributed by atoms with Gasteiger partial charge in [0.25, 0.3) is 5.56 Å². The van der Waals surface area contributed by atoms with Crippen molar-refractivity contribution in [3.8, 4) is 0 Å². The second kappa shape index (κ2) is 6.50. The van der Waals surface area contributed by atoms with Crippen molar-refractivity contribution in [2.45, 2.75) is 64.9 Å². The topological polar surface area (TPSA) is 122 Å². The summed E-state index contributed by atoms with van der Waals surface area (Å²) in [6.45, 7) is 8.65. The predicted octanol–water partition coefficient (Wildman–Crippen LogP) is 1.58. The second-order valence-corrected chi connectivity index (χ2v) is 9.38. The fraction of sp³-hybridized carbons (Fsp3) is 0.750. The van der Waals surface area contributed by atoms with E-state index in [1.54, 1.807) is 34.6 Å². The highest BCUT2D eigenvalue weighted by molar-refractivity contribution is 7.53. The predicted molar refractivity (Wildman–Crippen MR) is 93.6 cm³/mol. The number of aromatic nitrogens is 2. The van der Waals surface area contributed by atoms with E-state index in [1.165, 1.54) is 10.8 Å². The lowest BCUT2D eigenvalue weighted by molar-refractivity contribution is -0.124. The molecule has 0 unspecified atom stereocenters. The zero-order chi connectivity index (χ0) is 19.2. The fourth-order valence-electron chi connectivity index (χ4n) is 3.46. The van der Waals surface area contributed by atoms with E-state index in [1.807, 2.05) is 0 Å². The molecule has 0 bridgehead atoms. The van der Waals surface area contributed by atoms with Gasteiger partial charge in [0.1, 0.15) is 0 Å². The molecule has 0 saturated heterocycles. The quantitative estimate of drug-likeness (QED) is 0.623. The summed E-state index contributed by atoms with van der Waals surface area (Å²) in [5.74, 6) is -0.834. The highest BCUT2D eigenvalue weighted by Crippen LogP contribution is 2.63. The molecule has 0 atom stereocenters. The van der Waals surface area contributed by atoms with E-state index in [2.05, 4.69) is 4.98 Å². The van der Waals surface area contributed by atoms with Gasteiger partial charge in [-0.3, -0.25) is 18.9 Å². The second-order valence-electron chi connectivity index (χ2n) is 7.59. The molecule has 142 valence electrons. The standard InChI is InChI=1S/C16H27N2O6P/c1-10(2)16(11(3)4,25(21,22)23)24-15(6-7-15)9-18-8-12(5)13(19)17-14(18)20/h8,10-11H,6-7,9H2,1-5H3,(H,17,19,20)(H2,21,22,23). The molecular weight excluding hydrogens is 347 g/mol. The SMILES string of the molecule is Cc1cn(CC2(OC(C(C)C)(C(C)C)P(=O)(O)O)CC2)c(=O)[nH]c1=O. The first kappa shape index (κ1) is 20.1. The molecule has 1 fully saturated rings. The Morgan fingerprint density at radius 2 is 1.80 bits per heavy atom. The molecule has 2 rings (SSSR count). The van der Waals surface area contributed by atoms with Crippen LogP contribution in [-0.2, 0) is 15.8 Å². The highest BCUT2D eigenvalue weighted by Gasteiger charge is 2.60. The van der Waals surface area contributed by atoms with Gasteiger partial charge in [0.2, 0.25) is 0 Å². The lowest BCUT2D eigenvalue weighted by Crippen LogP contribution is -2.48. The Morgan fingerprint density at radius 1 is 1.28 bits per heavy atom. The van der Waals surface area contributed by atoms with Crippen molar-refractivity contribution in [1.29, 1.82) is 0 Å². The smallest absolute Gasteiger partial charge is 0.353 e. The van der Waals surface area contributed by atoms with Crippen LogP contribution in [0.2, 0.25) is 0 Å². The normalized spacial score (nSPS) is 17.3. The molecule has 1 saturated carbocycles. The molecule has 0 aliphatic heterocycles. The minimum Gasteiger partial charge on any atom is -0.353 e. The van der Waals surface area contributed by atoms with Gasteiger partial charge in [0.05, 0.1) is 12.1 Å². The summed E-state index contributed by atoms with van der Waals surface area (Å²) in [6.07, 6.45) is 2.64. The van der Waals surface area contributed by atoms with Crippen molar-refractivity contribution in [2.24, 2.45) is 11.8 Å². The van der Waals surface area contributed by atoms with Gasteiger partial charge < -0.3 is 14.5 Å². The van der Waals surface area contributed by atoms with Crippen LogP contribution in [0.5, 0.6) is 0 Å². The molecule has 1 heterocycles. The van der Waals surface area contributed by atoms with Crippen molar-refractivity contribution in [1.82, 2.24) is 9.55 Å². The molecule has 1 aromatic heterocycles. The van der Waals surface area contributed by atoms with Crippen molar-refractivity contribution in [3.05, 3.63) is 32.6 Å². The third-order valence-electron chi connectivity index (χ3n) is 4.94. The van der Waals surface area contributed by atoms with Crippen LogP contribution in [-0.4, -0.2) is 30.3 Å². The average Bonchev–Trinajstić information content (AvgIpc) is 3.20. The minimum absolute atomic E-state index is 0.143. The number of H-pyrrole nitrogens is 1. The molecular formula is C16H27N2O6P. The maximum atomic E-state index is 12.3. The molecule has 0 aromatic carbocycles. The van der Waals surface area contributed by atoms with E-state index in [0.717, 1.165) is 0 Å². The fourth-order valence-corrected chi connectivity index (χ4v) is 5.12. The van der Waals surface area contributed by atoms with Crippen LogP contribution in [0.1, 0.15) is 46.1 Å². The molecule has 0 spiro atoms. The summed E-state index contributed by atoms with van der Waals surface area (Å²) in [6, 6.07) is 0. The zero-order valence-electron chi connectivity index (χ0n) is 15.3. The van der Waals surface area contributed by atoms with Crippen LogP contribution >= 0.6 is 7.60 Å². The lowest BCUT2D eigenvalue weighted by atomic mass is 9.94. The maximum Gasteiger partial charge on any atom is 0.357 e. The first-order chi connectivity index (χ1) is 11.3. The van der Waals surface area contributed by atoms with Crippen LogP contribution in [0.3, 0.4) is 0 Å². The zero-order valence-corrected chi connectivity index (χ0v) is 16.2. The Morgan fingerprint density at radius 3 is 2.20 bits per heavy atom. The molecule has 25 heavy (non-hydrogen) atoms. The van der Waals surface area contributed by atoms with Crippen molar-refractivity contribution in [2.75, 3.05) is 0 Å². The Hall–Kier alpha value is -1.21. The van der Waals surface area contributed by atoms with E-state index in [9.17, 15) is 23.9 Å². The molecule has 1 aromatic rings. The Kier molecular flexibility index (Phi) is 5.23. The van der Waals surface area contributed by atoms with Gasteiger partial charge >= 0.3 is 13.3 Å². The van der Waals surface area contributed by atoms with Gasteiger partial charge in [-0.2, -0.15) is 0 Å². The van der Waals surface area contributed by atoms with Gasteiger partial charge in [0.15, 0.2) is 5.34 Å². The molecule has 0 amide bonds. The summed E-state index contributed by atoms with van der Waals surface area (Å²) >= 11 is 0. The maximum absolute atomic E-state index is 12.3. The van der Waals surface area contributed by atoms with Crippen molar-refractivity contribution < 1.29 is 19.1 Å². The Bertz CT molecular complexity index is 792. The number of nitrogens with zero attached hydrogens (tertiary/aromatic N) is 1. The summed E-state index contributed by atoms with van der Waals surface area (Å²) in [4.78, 5) is 45.8. The summed E-state index contributed by atoms with van der Waals surface area (Å²) in [5, 5.41) is -1.62. The van der Waals surface area contributed by atoms with E-state index in [0.29, 0.717) is 18.4 Å². The van der Waals surface area contributed by atoms with Crippen molar-refractivity contribution >= 4 is 7.60 Å². The number of hydrogen-bond donors (Lipinski definition) is 3. The van der Waals surface area contributed by atoms with Crippen molar-refractivity contribution in [3.63, 3.8) is 0 Å². The Labute approximate surface area is 146 Å². The first-order valence-electron chi connectivity index (χ1n) is 8.41. The molecule has 9 heteroatoms. The first-order valence-corrected chi connectivity index (χ1v) is 10.0. The molecule has 8 nitrogen and oxygen atoms in total. The third-order valence-corrected chi connectivity index (χ3v) is 6.98. The highest BCUT2D eigenvalue weighted by atomic mass is 31.2. The van der Waals surface area contributed by atoms with Crippen LogP contribution in [0.25, 0.3) is 0 Å². The molecule has 0 radical (unpaired) electrons. The minimum atomic E-state index is -4.58. The number of rotatable bonds is 7. The number of ether oxygens (including phenoxy) is 1. The van der Waals surface area contributed by atoms with E-state index in [-0.39, 0.29) is 6.54 Å². The monoisotopic (exact) mass is 374 g/mol. The summed E-state index contributed by atoms with van der Waals surface area (Å²) in [5.41, 5.74) is -1.42. The molecule has 1 aliphatic rings. The van der Waals surface area contributed by atoms with Gasteiger partial charge in [-0.15, -0.1) is 0 Å². The summed E-state index contributed by atoms with van der Waals surface area (Å²) < 4.78 is 19.8. The van der Waals surface area contributed by atoms with Crippen LogP contribution in [0.4, 0.5) is 0 Å². The third kappa shape index (κ3) is 3.67. The number of aryl methyl sites for hydroxylation is 1. The molecule has 3 N–H and O–H groups in total. The van der Waals surface area contributed by atoms with Crippen LogP contribution < -0.4 is 11.2 Å². The Balaban J connectivity index is 2.40. The van der Waals surface area contributed by atoms with E-state index in [4.69, 9.17) is 4.74 Å². The van der Waals surface area contributed by atoms with Gasteiger partial charge in [-0.25, -0.2) is 4.79 Å². The van der Waals surface area contributed by atoms with Gasteiger partial charge in [0, 0.05) is 11.8 Å². The van der Waals surface area contributed by atoms with E-state index >= 15 is 0 Å². The van der Waals surface area contributed by atoms with E-state index < -0.39 is 41.6 Å². The number of aromatic amines is 1. The van der Waals surface area contributed by atoms with Crippen LogP contribution in [0, 0.1) is 18.8 Å². The average molecular weight is 374 g/mol. The largest absolute Gasteiger partial charge is 0.357 e.